The average Bonchev–Trinajstić information content (AvgIpc) is 2.29. The number of alkyl halides is 1. The minimum atomic E-state index is -0.478. The molecule has 88 valence electrons. The summed E-state index contributed by atoms with van der Waals surface area (Å²) < 4.78 is 0. The number of Topliss-reactive ketones (excluding diaryl/α,β-unsaturated/α-hetero) is 1. The van der Waals surface area contributed by atoms with Crippen molar-refractivity contribution in [1.29, 1.82) is 0 Å². The fraction of sp³-hybridized carbons (Fsp3) is 0.500. The first-order valence-corrected chi connectivity index (χ1v) is 6.24. The number of rotatable bonds is 5. The molecular weight excluding hydrogens is 220 g/mol. The summed E-state index contributed by atoms with van der Waals surface area (Å²) in [5.41, 5.74) is 1.56. The highest BCUT2D eigenvalue weighted by atomic mass is 35.5. The number of aryl methyl sites for hydroxylation is 1. The first-order valence-electron chi connectivity index (χ1n) is 5.71. The molecule has 2 heteroatoms. The Kier molecular flexibility index (Phi) is 4.55. The van der Waals surface area contributed by atoms with Crippen LogP contribution in [0.2, 0.25) is 0 Å². The third kappa shape index (κ3) is 3.08. The Bertz CT molecular complexity index is 352. The molecule has 0 saturated heterocycles. The molecule has 0 saturated carbocycles. The van der Waals surface area contributed by atoms with Gasteiger partial charge in [-0.1, -0.05) is 51.5 Å². The first-order chi connectivity index (χ1) is 7.51. The van der Waals surface area contributed by atoms with Crippen LogP contribution in [-0.4, -0.2) is 11.7 Å². The Hall–Kier alpha value is -0.820. The summed E-state index contributed by atoms with van der Waals surface area (Å²) in [5, 5.41) is 0. The molecule has 0 aliphatic heterocycles. The van der Waals surface area contributed by atoms with E-state index in [1.165, 1.54) is 5.56 Å². The van der Waals surface area contributed by atoms with Crippen LogP contribution < -0.4 is 0 Å². The number of carbonyl (C=O) groups excluding carboxylic acids is 1. The summed E-state index contributed by atoms with van der Waals surface area (Å²) in [5.74, 6) is 0.466. The molecule has 0 atom stereocenters. The summed E-state index contributed by atoms with van der Waals surface area (Å²) in [6.07, 6.45) is 2.19. The molecule has 0 amide bonds. The Morgan fingerprint density at radius 2 is 1.81 bits per heavy atom. The molecule has 0 spiro atoms. The Morgan fingerprint density at radius 3 is 2.25 bits per heavy atom. The monoisotopic (exact) mass is 238 g/mol. The second-order valence-electron chi connectivity index (χ2n) is 4.79. The van der Waals surface area contributed by atoms with Gasteiger partial charge in [-0.25, -0.2) is 0 Å². The van der Waals surface area contributed by atoms with Gasteiger partial charge in [-0.2, -0.15) is 0 Å². The van der Waals surface area contributed by atoms with Gasteiger partial charge < -0.3 is 0 Å². The number of halogens is 1. The van der Waals surface area contributed by atoms with Crippen LogP contribution in [0.1, 0.15) is 43.1 Å². The summed E-state index contributed by atoms with van der Waals surface area (Å²) in [7, 11) is 0. The number of ketones is 1. The van der Waals surface area contributed by atoms with Gasteiger partial charge in [0.05, 0.1) is 0 Å². The van der Waals surface area contributed by atoms with Crippen LogP contribution >= 0.6 is 11.6 Å². The lowest BCUT2D eigenvalue weighted by atomic mass is 9.86. The van der Waals surface area contributed by atoms with E-state index in [9.17, 15) is 4.79 Å². The topological polar surface area (TPSA) is 17.1 Å². The molecule has 0 heterocycles. The van der Waals surface area contributed by atoms with E-state index in [1.807, 2.05) is 38.1 Å². The van der Waals surface area contributed by atoms with E-state index in [4.69, 9.17) is 11.6 Å². The minimum Gasteiger partial charge on any atom is -0.294 e. The van der Waals surface area contributed by atoms with E-state index in [1.54, 1.807) is 0 Å². The second-order valence-corrected chi connectivity index (χ2v) is 5.06. The Labute approximate surface area is 103 Å². The molecule has 16 heavy (non-hydrogen) atoms. The third-order valence-corrected chi connectivity index (χ3v) is 3.37. The quantitative estimate of drug-likeness (QED) is 0.558. The molecule has 0 bridgehead atoms. The minimum absolute atomic E-state index is 0.116. The van der Waals surface area contributed by atoms with Gasteiger partial charge in [0.1, 0.15) is 0 Å². The molecule has 0 unspecified atom stereocenters. The number of benzene rings is 1. The van der Waals surface area contributed by atoms with Gasteiger partial charge in [0.2, 0.25) is 0 Å². The van der Waals surface area contributed by atoms with Gasteiger partial charge in [-0.15, -0.1) is 11.6 Å². The zero-order chi connectivity index (χ0) is 12.2. The predicted octanol–water partition coefficient (Wildman–Crippen LogP) is 4.09. The molecular formula is C14H19ClO. The van der Waals surface area contributed by atoms with Gasteiger partial charge in [0, 0.05) is 16.9 Å². The highest BCUT2D eigenvalue weighted by Crippen LogP contribution is 2.23. The fourth-order valence-corrected chi connectivity index (χ4v) is 1.68. The fourth-order valence-electron chi connectivity index (χ4n) is 1.56. The predicted molar refractivity (Wildman–Crippen MR) is 69.3 cm³/mol. The van der Waals surface area contributed by atoms with Crippen LogP contribution in [0.4, 0.5) is 0 Å². The average molecular weight is 239 g/mol. The lowest BCUT2D eigenvalue weighted by Gasteiger charge is -2.19. The van der Waals surface area contributed by atoms with Crippen molar-refractivity contribution in [3.63, 3.8) is 0 Å². The van der Waals surface area contributed by atoms with Gasteiger partial charge in [-0.3, -0.25) is 4.79 Å². The lowest BCUT2D eigenvalue weighted by Crippen LogP contribution is -2.26. The van der Waals surface area contributed by atoms with Crippen molar-refractivity contribution in [2.75, 3.05) is 5.88 Å². The van der Waals surface area contributed by atoms with Crippen LogP contribution in [-0.2, 0) is 6.42 Å². The van der Waals surface area contributed by atoms with E-state index < -0.39 is 5.41 Å². The summed E-state index contributed by atoms with van der Waals surface area (Å²) in [4.78, 5) is 12.1. The van der Waals surface area contributed by atoms with Crippen molar-refractivity contribution in [2.24, 2.45) is 5.41 Å². The van der Waals surface area contributed by atoms with E-state index in [0.717, 1.165) is 18.4 Å². The van der Waals surface area contributed by atoms with Crippen LogP contribution in [0.25, 0.3) is 0 Å². The normalized spacial score (nSPS) is 11.5. The van der Waals surface area contributed by atoms with Crippen molar-refractivity contribution < 1.29 is 4.79 Å². The van der Waals surface area contributed by atoms with Crippen molar-refractivity contribution in [2.45, 2.75) is 33.6 Å². The maximum atomic E-state index is 12.1. The van der Waals surface area contributed by atoms with Gasteiger partial charge in [-0.05, 0) is 12.0 Å². The van der Waals surface area contributed by atoms with Crippen molar-refractivity contribution in [3.05, 3.63) is 35.4 Å². The molecule has 1 rings (SSSR count). The zero-order valence-corrected chi connectivity index (χ0v) is 11.0. The van der Waals surface area contributed by atoms with E-state index >= 15 is 0 Å². The Morgan fingerprint density at radius 1 is 1.25 bits per heavy atom. The first kappa shape index (κ1) is 13.2. The zero-order valence-electron chi connectivity index (χ0n) is 10.2. The van der Waals surface area contributed by atoms with Gasteiger partial charge in [0.15, 0.2) is 5.78 Å². The maximum Gasteiger partial charge on any atom is 0.169 e. The number of carbonyl (C=O) groups is 1. The number of hydrogen-bond acceptors (Lipinski definition) is 1. The molecule has 0 aliphatic carbocycles. The highest BCUT2D eigenvalue weighted by Gasteiger charge is 2.27. The van der Waals surface area contributed by atoms with E-state index in [-0.39, 0.29) is 5.78 Å². The summed E-state index contributed by atoms with van der Waals surface area (Å²) in [6, 6.07) is 7.87. The standard InChI is InChI=1S/C14H19ClO/c1-4-5-11-6-8-12(9-7-11)13(16)14(2,3)10-15/h6-9H,4-5,10H2,1-3H3. The van der Waals surface area contributed by atoms with Crippen molar-refractivity contribution in [1.82, 2.24) is 0 Å². The molecule has 1 aromatic carbocycles. The molecule has 1 nitrogen and oxygen atoms in total. The third-order valence-electron chi connectivity index (χ3n) is 2.70. The van der Waals surface area contributed by atoms with Gasteiger partial charge in [0.25, 0.3) is 0 Å². The lowest BCUT2D eigenvalue weighted by molar-refractivity contribution is 0.0862. The molecule has 0 aromatic heterocycles. The van der Waals surface area contributed by atoms with Gasteiger partial charge >= 0.3 is 0 Å². The second kappa shape index (κ2) is 5.49. The molecule has 0 aliphatic rings. The Balaban J connectivity index is 2.86. The van der Waals surface area contributed by atoms with Crippen LogP contribution in [0, 0.1) is 5.41 Å². The highest BCUT2D eigenvalue weighted by molar-refractivity contribution is 6.20. The van der Waals surface area contributed by atoms with Crippen molar-refractivity contribution >= 4 is 17.4 Å². The smallest absolute Gasteiger partial charge is 0.169 e. The number of hydrogen-bond donors (Lipinski definition) is 0. The van der Waals surface area contributed by atoms with E-state index in [2.05, 4.69) is 6.92 Å². The molecule has 1 aromatic rings. The molecule has 0 fully saturated rings. The SMILES string of the molecule is CCCc1ccc(C(=O)C(C)(C)CCl)cc1. The van der Waals surface area contributed by atoms with Crippen LogP contribution in [0.15, 0.2) is 24.3 Å². The van der Waals surface area contributed by atoms with E-state index in [0.29, 0.717) is 5.88 Å². The van der Waals surface area contributed by atoms with Crippen LogP contribution in [0.5, 0.6) is 0 Å². The maximum absolute atomic E-state index is 12.1. The summed E-state index contributed by atoms with van der Waals surface area (Å²) >= 11 is 5.80. The van der Waals surface area contributed by atoms with Crippen LogP contribution in [0.3, 0.4) is 0 Å². The summed E-state index contributed by atoms with van der Waals surface area (Å²) in [6.45, 7) is 5.90. The molecule has 0 radical (unpaired) electrons. The largest absolute Gasteiger partial charge is 0.294 e. The van der Waals surface area contributed by atoms with Crippen molar-refractivity contribution in [3.8, 4) is 0 Å². The molecule has 0 N–H and O–H groups in total.